The Balaban J connectivity index is 1.01. The Labute approximate surface area is 369 Å². The summed E-state index contributed by atoms with van der Waals surface area (Å²) in [5.41, 5.74) is 2.19. The predicted octanol–water partition coefficient (Wildman–Crippen LogP) is 9.94. The number of nitrogens with one attached hydrogen (secondary N) is 2. The molecule has 3 aliphatic heterocycles. The molecule has 0 spiro atoms. The highest BCUT2D eigenvalue weighted by Crippen LogP contribution is 2.41. The molecule has 10 nitrogen and oxygen atoms in total. The normalized spacial score (nSPS) is 17.9. The maximum absolute atomic E-state index is 14.5. The number of hydrogen-bond acceptors (Lipinski definition) is 6. The Kier molecular flexibility index (Phi) is 18.1. The first kappa shape index (κ1) is 47.0. The van der Waals surface area contributed by atoms with Crippen molar-refractivity contribution in [2.24, 2.45) is 0 Å². The summed E-state index contributed by atoms with van der Waals surface area (Å²) in [5.74, 6) is -0.126. The number of rotatable bonds is 23. The van der Waals surface area contributed by atoms with Gasteiger partial charge in [0.2, 0.25) is 5.91 Å². The number of carbonyl (C=O) groups excluding carboxylic acids is 3. The van der Waals surface area contributed by atoms with Gasteiger partial charge in [-0.1, -0.05) is 84.3 Å². The van der Waals surface area contributed by atoms with Crippen molar-refractivity contribution in [1.82, 2.24) is 25.0 Å². The van der Waals surface area contributed by atoms with Gasteiger partial charge in [0.25, 0.3) is 11.8 Å². The molecule has 338 valence electrons. The predicted molar refractivity (Wildman–Crippen MR) is 247 cm³/mol. The first-order chi connectivity index (χ1) is 30.1. The summed E-state index contributed by atoms with van der Waals surface area (Å²) in [6.07, 6.45) is 24.2. The Morgan fingerprint density at radius 2 is 1.58 bits per heavy atom. The lowest BCUT2D eigenvalue weighted by atomic mass is 9.81. The molecule has 4 heterocycles. The summed E-state index contributed by atoms with van der Waals surface area (Å²) in [5, 5.41) is 4.00. The number of fused-ring (bicyclic) bond motifs is 3. The second-order valence-corrected chi connectivity index (χ2v) is 18.2. The van der Waals surface area contributed by atoms with Crippen LogP contribution in [0.4, 0.5) is 4.39 Å². The van der Waals surface area contributed by atoms with Crippen LogP contribution in [0.15, 0.2) is 60.8 Å². The summed E-state index contributed by atoms with van der Waals surface area (Å²) in [6.45, 7) is 12.6. The Bertz CT molecular complexity index is 1970. The number of allylic oxidation sites excluding steroid dienone is 2. The fourth-order valence-corrected chi connectivity index (χ4v) is 9.18. The van der Waals surface area contributed by atoms with Crippen LogP contribution in [0.3, 0.4) is 0 Å². The van der Waals surface area contributed by atoms with Crippen molar-refractivity contribution in [3.05, 3.63) is 83.5 Å². The van der Waals surface area contributed by atoms with Crippen LogP contribution in [0, 0.1) is 5.82 Å². The van der Waals surface area contributed by atoms with Crippen LogP contribution in [0.1, 0.15) is 145 Å². The minimum atomic E-state index is -0.607. The summed E-state index contributed by atoms with van der Waals surface area (Å²) in [6, 6.07) is 11.6. The second kappa shape index (κ2) is 23.8. The molecule has 3 aromatic rings. The van der Waals surface area contributed by atoms with E-state index in [1.165, 1.54) is 69.9 Å². The average molecular weight is 854 g/mol. The minimum absolute atomic E-state index is 0.135. The van der Waals surface area contributed by atoms with Gasteiger partial charge in [-0.2, -0.15) is 0 Å². The third kappa shape index (κ3) is 13.5. The number of aromatic amines is 1. The van der Waals surface area contributed by atoms with Crippen LogP contribution in [-0.2, 0) is 19.7 Å². The quantitative estimate of drug-likeness (QED) is 0.0727. The third-order valence-electron chi connectivity index (χ3n) is 12.7. The van der Waals surface area contributed by atoms with Gasteiger partial charge in [0.1, 0.15) is 11.6 Å². The molecular weight excluding hydrogens is 782 g/mol. The van der Waals surface area contributed by atoms with Crippen molar-refractivity contribution >= 4 is 34.2 Å². The average Bonchev–Trinajstić information content (AvgIpc) is 3.87. The molecule has 2 N–H and O–H groups in total. The smallest absolute Gasteiger partial charge is 0.257 e. The molecule has 3 aliphatic rings. The molecule has 3 amide bonds. The summed E-state index contributed by atoms with van der Waals surface area (Å²) in [7, 11) is 0. The molecule has 0 radical (unpaired) electrons. The summed E-state index contributed by atoms with van der Waals surface area (Å²) in [4.78, 5) is 51.0. The highest BCUT2D eigenvalue weighted by Gasteiger charge is 2.38. The molecule has 1 aromatic heterocycles. The SMILES string of the molecule is CCCCCCCC/C=C\CCCCCCCC(=O)N1CC[C@@H](NC(=O)C2=CN(C(=O)c3ccc(OCCCN4CCOCC4)cc3)CC(C)(C)c3c2[nH]c2cc(F)ccc32)C1. The monoisotopic (exact) mass is 854 g/mol. The van der Waals surface area contributed by atoms with Crippen LogP contribution < -0.4 is 10.1 Å². The lowest BCUT2D eigenvalue weighted by Gasteiger charge is -2.29. The largest absolute Gasteiger partial charge is 0.494 e. The summed E-state index contributed by atoms with van der Waals surface area (Å²) >= 11 is 0. The van der Waals surface area contributed by atoms with Crippen LogP contribution >= 0.6 is 0 Å². The van der Waals surface area contributed by atoms with E-state index in [1.54, 1.807) is 29.3 Å². The van der Waals surface area contributed by atoms with E-state index in [9.17, 15) is 18.8 Å². The van der Waals surface area contributed by atoms with E-state index in [1.807, 2.05) is 30.9 Å². The zero-order valence-corrected chi connectivity index (χ0v) is 37.8. The number of amides is 3. The van der Waals surface area contributed by atoms with Crippen LogP contribution in [0.5, 0.6) is 5.75 Å². The fraction of sp³-hybridized carbons (Fsp3) is 0.588. The molecule has 62 heavy (non-hydrogen) atoms. The lowest BCUT2D eigenvalue weighted by Crippen LogP contribution is -2.39. The molecule has 2 aromatic carbocycles. The molecule has 11 heteroatoms. The number of unbranched alkanes of at least 4 members (excludes halogenated alkanes) is 11. The van der Waals surface area contributed by atoms with Gasteiger partial charge in [-0.05, 0) is 93.0 Å². The Morgan fingerprint density at radius 3 is 2.31 bits per heavy atom. The first-order valence-electron chi connectivity index (χ1n) is 23.7. The molecule has 6 rings (SSSR count). The maximum atomic E-state index is 14.5. The van der Waals surface area contributed by atoms with Crippen molar-refractivity contribution < 1.29 is 28.2 Å². The van der Waals surface area contributed by atoms with Gasteiger partial charge < -0.3 is 29.6 Å². The van der Waals surface area contributed by atoms with Crippen molar-refractivity contribution in [3.8, 4) is 5.75 Å². The van der Waals surface area contributed by atoms with E-state index in [0.29, 0.717) is 67.2 Å². The number of carbonyl (C=O) groups is 3. The molecule has 2 fully saturated rings. The molecule has 2 saturated heterocycles. The van der Waals surface area contributed by atoms with Gasteiger partial charge in [-0.15, -0.1) is 0 Å². The van der Waals surface area contributed by atoms with Crippen LogP contribution in [0.25, 0.3) is 16.5 Å². The number of ether oxygens (including phenoxy) is 2. The zero-order chi connectivity index (χ0) is 43.7. The van der Waals surface area contributed by atoms with Gasteiger partial charge in [-0.25, -0.2) is 4.39 Å². The topological polar surface area (TPSA) is 107 Å². The van der Waals surface area contributed by atoms with E-state index in [4.69, 9.17) is 9.47 Å². The number of benzene rings is 2. The number of halogens is 1. The number of hydrogen-bond donors (Lipinski definition) is 2. The zero-order valence-electron chi connectivity index (χ0n) is 37.8. The van der Waals surface area contributed by atoms with Crippen molar-refractivity contribution in [2.45, 2.75) is 135 Å². The molecule has 0 saturated carbocycles. The fourth-order valence-electron chi connectivity index (χ4n) is 9.18. The number of H-pyrrole nitrogens is 1. The summed E-state index contributed by atoms with van der Waals surface area (Å²) < 4.78 is 25.9. The Morgan fingerprint density at radius 1 is 0.887 bits per heavy atom. The molecule has 0 aliphatic carbocycles. The third-order valence-corrected chi connectivity index (χ3v) is 12.7. The lowest BCUT2D eigenvalue weighted by molar-refractivity contribution is -0.130. The van der Waals surface area contributed by atoms with Gasteiger partial charge in [0.15, 0.2) is 0 Å². The Hall–Kier alpha value is -4.48. The number of nitrogens with zero attached hydrogens (tertiary/aromatic N) is 3. The van der Waals surface area contributed by atoms with E-state index in [2.05, 4.69) is 34.3 Å². The van der Waals surface area contributed by atoms with Gasteiger partial charge in [0, 0.05) is 79.8 Å². The number of aromatic nitrogens is 1. The van der Waals surface area contributed by atoms with Gasteiger partial charge in [0.05, 0.1) is 31.1 Å². The van der Waals surface area contributed by atoms with E-state index in [-0.39, 0.29) is 29.6 Å². The highest BCUT2D eigenvalue weighted by atomic mass is 19.1. The van der Waals surface area contributed by atoms with Crippen LogP contribution in [0.2, 0.25) is 0 Å². The van der Waals surface area contributed by atoms with E-state index < -0.39 is 5.41 Å². The molecular formula is C51H72FN5O5. The first-order valence-corrected chi connectivity index (χ1v) is 23.7. The van der Waals surface area contributed by atoms with Gasteiger partial charge in [-0.3, -0.25) is 19.3 Å². The standard InChI is InChI=1S/C51H72FN5O5/c1-4-5-6-7-8-9-10-11-12-13-14-15-16-17-18-20-46(58)56-29-27-41(36-56)53-49(59)44-37-57(38-51(2,3)47-43-26-23-40(52)35-45(43)54-48(44)47)50(60)39-21-24-42(25-22-39)62-32-19-28-55-30-33-61-34-31-55/h11-12,21-26,35,37,41,54H,4-10,13-20,27-34,36,38H2,1-3H3,(H,53,59)/b12-11-/t41-/m1/s1. The van der Waals surface area contributed by atoms with Crippen LogP contribution in [-0.4, -0.2) is 103 Å². The highest BCUT2D eigenvalue weighted by molar-refractivity contribution is 6.21. The molecule has 1 atom stereocenters. The van der Waals surface area contributed by atoms with Crippen molar-refractivity contribution in [1.29, 1.82) is 0 Å². The number of likely N-dealkylation sites (tertiary alicyclic amines) is 1. The van der Waals surface area contributed by atoms with E-state index in [0.717, 1.165) is 75.9 Å². The van der Waals surface area contributed by atoms with E-state index >= 15 is 0 Å². The van der Waals surface area contributed by atoms with Gasteiger partial charge >= 0.3 is 0 Å². The molecule has 0 unspecified atom stereocenters. The second-order valence-electron chi connectivity index (χ2n) is 18.2. The minimum Gasteiger partial charge on any atom is -0.494 e. The van der Waals surface area contributed by atoms with Crippen molar-refractivity contribution in [3.63, 3.8) is 0 Å². The number of morpholine rings is 1. The van der Waals surface area contributed by atoms with Crippen molar-refractivity contribution in [2.75, 3.05) is 59.1 Å². The molecule has 0 bridgehead atoms. The maximum Gasteiger partial charge on any atom is 0.257 e.